The van der Waals surface area contributed by atoms with E-state index in [1.165, 1.54) is 0 Å². The molecule has 1 aromatic carbocycles. The van der Waals surface area contributed by atoms with Gasteiger partial charge in [-0.25, -0.2) is 0 Å². The normalized spacial score (nSPS) is 14.6. The van der Waals surface area contributed by atoms with Gasteiger partial charge in [-0.3, -0.25) is 0 Å². The molecule has 0 heterocycles. The van der Waals surface area contributed by atoms with Gasteiger partial charge in [-0.05, 0) is 37.7 Å². The third-order valence-corrected chi connectivity index (χ3v) is 3.73. The van der Waals surface area contributed by atoms with Crippen LogP contribution in [0.25, 0.3) is 0 Å². The number of nitrogens with zero attached hydrogens (tertiary/aromatic N) is 1. The summed E-state index contributed by atoms with van der Waals surface area (Å²) in [6.07, 6.45) is -0.506. The Bertz CT molecular complexity index is 352. The molecule has 0 radical (unpaired) electrons. The zero-order valence-corrected chi connectivity index (χ0v) is 12.8. The van der Waals surface area contributed by atoms with E-state index in [1.54, 1.807) is 0 Å². The van der Waals surface area contributed by atoms with Crippen molar-refractivity contribution in [3.8, 4) is 0 Å². The fraction of sp³-hybridized carbons (Fsp3) is 0.600. The van der Waals surface area contributed by atoms with Crippen molar-refractivity contribution in [3.63, 3.8) is 0 Å². The quantitative estimate of drug-likeness (QED) is 0.770. The molecule has 0 saturated carbocycles. The molecule has 1 rings (SSSR count). The fourth-order valence-corrected chi connectivity index (χ4v) is 2.18. The third kappa shape index (κ3) is 5.49. The maximum absolute atomic E-state index is 10.2. The maximum Gasteiger partial charge on any atom is 0.0940 e. The number of hydrogen-bond acceptors (Lipinski definition) is 3. The molecule has 0 aliphatic carbocycles. The molecule has 108 valence electrons. The van der Waals surface area contributed by atoms with Crippen LogP contribution < -0.4 is 5.32 Å². The van der Waals surface area contributed by atoms with E-state index < -0.39 is 6.10 Å². The summed E-state index contributed by atoms with van der Waals surface area (Å²) in [5.74, 6) is 0. The molecule has 2 N–H and O–H groups in total. The van der Waals surface area contributed by atoms with E-state index in [0.717, 1.165) is 31.7 Å². The highest BCUT2D eigenvalue weighted by Gasteiger charge is 2.15. The van der Waals surface area contributed by atoms with Crippen LogP contribution >= 0.6 is 11.6 Å². The van der Waals surface area contributed by atoms with Crippen molar-refractivity contribution in [2.45, 2.75) is 32.9 Å². The SMILES string of the molecule is CCN(CC)CCNC(C)C(O)c1ccc(Cl)cc1. The minimum Gasteiger partial charge on any atom is -0.387 e. The molecule has 0 spiro atoms. The van der Waals surface area contributed by atoms with Crippen LogP contribution in [0, 0.1) is 0 Å². The number of aliphatic hydroxyl groups excluding tert-OH is 1. The van der Waals surface area contributed by atoms with Crippen molar-refractivity contribution >= 4 is 11.6 Å². The zero-order chi connectivity index (χ0) is 14.3. The van der Waals surface area contributed by atoms with Gasteiger partial charge in [-0.15, -0.1) is 0 Å². The van der Waals surface area contributed by atoms with Crippen molar-refractivity contribution < 1.29 is 5.11 Å². The topological polar surface area (TPSA) is 35.5 Å². The van der Waals surface area contributed by atoms with E-state index in [2.05, 4.69) is 24.1 Å². The van der Waals surface area contributed by atoms with E-state index in [0.29, 0.717) is 5.02 Å². The molecule has 2 unspecified atom stereocenters. The van der Waals surface area contributed by atoms with Gasteiger partial charge in [0.25, 0.3) is 0 Å². The first-order valence-corrected chi connectivity index (χ1v) is 7.35. The van der Waals surface area contributed by atoms with E-state index in [4.69, 9.17) is 11.6 Å². The van der Waals surface area contributed by atoms with Crippen LogP contribution in [0.2, 0.25) is 5.02 Å². The molecule has 0 amide bonds. The number of hydrogen-bond donors (Lipinski definition) is 2. The monoisotopic (exact) mass is 284 g/mol. The van der Waals surface area contributed by atoms with Crippen LogP contribution in [-0.4, -0.2) is 42.2 Å². The summed E-state index contributed by atoms with van der Waals surface area (Å²) in [5.41, 5.74) is 0.896. The highest BCUT2D eigenvalue weighted by molar-refractivity contribution is 6.30. The van der Waals surface area contributed by atoms with Crippen LogP contribution in [0.5, 0.6) is 0 Å². The number of rotatable bonds is 8. The smallest absolute Gasteiger partial charge is 0.0940 e. The molecule has 0 saturated heterocycles. The third-order valence-electron chi connectivity index (χ3n) is 3.47. The van der Waals surface area contributed by atoms with E-state index in [1.807, 2.05) is 31.2 Å². The molecule has 3 nitrogen and oxygen atoms in total. The van der Waals surface area contributed by atoms with Crippen LogP contribution in [-0.2, 0) is 0 Å². The van der Waals surface area contributed by atoms with Gasteiger partial charge in [-0.1, -0.05) is 37.6 Å². The average molecular weight is 285 g/mol. The van der Waals surface area contributed by atoms with Crippen LogP contribution in [0.15, 0.2) is 24.3 Å². The van der Waals surface area contributed by atoms with Gasteiger partial charge in [0.2, 0.25) is 0 Å². The minimum atomic E-state index is -0.506. The second kappa shape index (κ2) is 8.54. The Kier molecular flexibility index (Phi) is 7.39. The summed E-state index contributed by atoms with van der Waals surface area (Å²) in [5, 5.41) is 14.3. The highest BCUT2D eigenvalue weighted by atomic mass is 35.5. The molecule has 0 aromatic heterocycles. The van der Waals surface area contributed by atoms with Gasteiger partial charge in [0.15, 0.2) is 0 Å². The lowest BCUT2D eigenvalue weighted by atomic mass is 10.0. The maximum atomic E-state index is 10.2. The van der Waals surface area contributed by atoms with E-state index >= 15 is 0 Å². The van der Waals surface area contributed by atoms with Crippen LogP contribution in [0.3, 0.4) is 0 Å². The summed E-state index contributed by atoms with van der Waals surface area (Å²) in [6.45, 7) is 10.3. The van der Waals surface area contributed by atoms with Crippen molar-refractivity contribution in [1.82, 2.24) is 10.2 Å². The first kappa shape index (κ1) is 16.4. The minimum absolute atomic E-state index is 0.0248. The number of aliphatic hydroxyl groups is 1. The fourth-order valence-electron chi connectivity index (χ4n) is 2.05. The molecule has 2 atom stereocenters. The first-order chi connectivity index (χ1) is 9.08. The molecule has 0 fully saturated rings. The van der Waals surface area contributed by atoms with Gasteiger partial charge >= 0.3 is 0 Å². The Labute approximate surface area is 121 Å². The van der Waals surface area contributed by atoms with Crippen LogP contribution in [0.4, 0.5) is 0 Å². The van der Waals surface area contributed by atoms with Gasteiger partial charge < -0.3 is 15.3 Å². The lowest BCUT2D eigenvalue weighted by Crippen LogP contribution is -2.38. The summed E-state index contributed by atoms with van der Waals surface area (Å²) in [4.78, 5) is 2.36. The second-order valence-corrected chi connectivity index (χ2v) is 5.20. The van der Waals surface area contributed by atoms with E-state index in [9.17, 15) is 5.11 Å². The Morgan fingerprint density at radius 3 is 2.32 bits per heavy atom. The van der Waals surface area contributed by atoms with E-state index in [-0.39, 0.29) is 6.04 Å². The Balaban J connectivity index is 2.40. The molecule has 4 heteroatoms. The van der Waals surface area contributed by atoms with Crippen molar-refractivity contribution in [3.05, 3.63) is 34.9 Å². The summed E-state index contributed by atoms with van der Waals surface area (Å²) in [7, 11) is 0. The molecule has 19 heavy (non-hydrogen) atoms. The average Bonchev–Trinajstić information content (AvgIpc) is 2.43. The number of halogens is 1. The number of benzene rings is 1. The molecule has 1 aromatic rings. The number of likely N-dealkylation sites (N-methyl/N-ethyl adjacent to an activating group) is 1. The van der Waals surface area contributed by atoms with Gasteiger partial charge in [0.1, 0.15) is 0 Å². The number of nitrogens with one attached hydrogen (secondary N) is 1. The lowest BCUT2D eigenvalue weighted by Gasteiger charge is -2.23. The Hall–Kier alpha value is -0.610. The molecule has 0 aliphatic heterocycles. The predicted octanol–water partition coefficient (Wildman–Crippen LogP) is 2.69. The first-order valence-electron chi connectivity index (χ1n) is 6.97. The summed E-state index contributed by atoms with van der Waals surface area (Å²) in [6, 6.07) is 7.38. The molecule has 0 bridgehead atoms. The van der Waals surface area contributed by atoms with Gasteiger partial charge in [-0.2, -0.15) is 0 Å². The van der Waals surface area contributed by atoms with Gasteiger partial charge in [0, 0.05) is 24.2 Å². The summed E-state index contributed by atoms with van der Waals surface area (Å²) < 4.78 is 0. The summed E-state index contributed by atoms with van der Waals surface area (Å²) >= 11 is 5.84. The molecule has 0 aliphatic rings. The second-order valence-electron chi connectivity index (χ2n) is 4.77. The van der Waals surface area contributed by atoms with Crippen molar-refractivity contribution in [2.75, 3.05) is 26.2 Å². The lowest BCUT2D eigenvalue weighted by molar-refractivity contribution is 0.134. The standard InChI is InChI=1S/C15H25ClN2O/c1-4-18(5-2)11-10-17-12(3)15(19)13-6-8-14(16)9-7-13/h6-9,12,15,17,19H,4-5,10-11H2,1-3H3. The highest BCUT2D eigenvalue weighted by Crippen LogP contribution is 2.19. The van der Waals surface area contributed by atoms with Crippen molar-refractivity contribution in [2.24, 2.45) is 0 Å². The van der Waals surface area contributed by atoms with Crippen LogP contribution in [0.1, 0.15) is 32.4 Å². The molecular weight excluding hydrogens is 260 g/mol. The largest absolute Gasteiger partial charge is 0.387 e. The molecular formula is C15H25ClN2O. The van der Waals surface area contributed by atoms with Gasteiger partial charge in [0.05, 0.1) is 6.10 Å². The zero-order valence-electron chi connectivity index (χ0n) is 12.1. The van der Waals surface area contributed by atoms with Crippen molar-refractivity contribution in [1.29, 1.82) is 0 Å². The Morgan fingerprint density at radius 2 is 1.79 bits per heavy atom. The Morgan fingerprint density at radius 1 is 1.21 bits per heavy atom. The predicted molar refractivity (Wildman–Crippen MR) is 81.7 cm³/mol.